The molecule has 0 aliphatic carbocycles. The van der Waals surface area contributed by atoms with Gasteiger partial charge in [-0.2, -0.15) is 11.3 Å². The van der Waals surface area contributed by atoms with Crippen molar-refractivity contribution >= 4 is 11.3 Å². The zero-order chi connectivity index (χ0) is 11.1. The number of thiophene rings is 1. The summed E-state index contributed by atoms with van der Waals surface area (Å²) in [5.74, 6) is 0.791. The van der Waals surface area contributed by atoms with Crippen molar-refractivity contribution in [3.8, 4) is 0 Å². The Labute approximate surface area is 97.9 Å². The molecular weight excluding hydrogens is 202 g/mol. The standard InChI is InChI=1S/C13H23NS/c1-4-6-11(7-5-2)13(14-3)12-8-9-15-10-12/h8-11,13-14H,4-7H2,1-3H3. The van der Waals surface area contributed by atoms with Crippen LogP contribution in [0.15, 0.2) is 16.8 Å². The highest BCUT2D eigenvalue weighted by molar-refractivity contribution is 7.07. The first-order valence-corrected chi connectivity index (χ1v) is 6.97. The summed E-state index contributed by atoms with van der Waals surface area (Å²) in [6.07, 6.45) is 5.23. The second-order valence-corrected chi connectivity index (χ2v) is 4.94. The first kappa shape index (κ1) is 12.7. The molecule has 0 aliphatic rings. The molecule has 0 saturated heterocycles. The summed E-state index contributed by atoms with van der Waals surface area (Å²) in [6.45, 7) is 4.56. The van der Waals surface area contributed by atoms with Crippen LogP contribution in [0.25, 0.3) is 0 Å². The third kappa shape index (κ3) is 3.62. The second kappa shape index (κ2) is 7.02. The maximum Gasteiger partial charge on any atom is 0.0354 e. The van der Waals surface area contributed by atoms with Crippen molar-refractivity contribution in [2.75, 3.05) is 7.05 Å². The van der Waals surface area contributed by atoms with E-state index in [1.54, 1.807) is 11.3 Å². The Morgan fingerprint density at radius 2 is 1.93 bits per heavy atom. The van der Waals surface area contributed by atoms with E-state index in [1.165, 1.54) is 31.2 Å². The highest BCUT2D eigenvalue weighted by Gasteiger charge is 2.20. The molecule has 0 spiro atoms. The van der Waals surface area contributed by atoms with Crippen LogP contribution in [0.3, 0.4) is 0 Å². The van der Waals surface area contributed by atoms with E-state index in [1.807, 2.05) is 0 Å². The summed E-state index contributed by atoms with van der Waals surface area (Å²) < 4.78 is 0. The molecule has 1 unspecified atom stereocenters. The maximum atomic E-state index is 3.48. The first-order valence-electron chi connectivity index (χ1n) is 6.02. The van der Waals surface area contributed by atoms with E-state index in [0.29, 0.717) is 6.04 Å². The van der Waals surface area contributed by atoms with E-state index < -0.39 is 0 Å². The van der Waals surface area contributed by atoms with Gasteiger partial charge in [-0.1, -0.05) is 26.7 Å². The van der Waals surface area contributed by atoms with Gasteiger partial charge in [0.25, 0.3) is 0 Å². The molecule has 1 aromatic heterocycles. The largest absolute Gasteiger partial charge is 0.313 e. The number of hydrogen-bond acceptors (Lipinski definition) is 2. The van der Waals surface area contributed by atoms with Crippen molar-refractivity contribution in [1.82, 2.24) is 5.32 Å². The van der Waals surface area contributed by atoms with Crippen LogP contribution in [0.4, 0.5) is 0 Å². The number of nitrogens with one attached hydrogen (secondary N) is 1. The SMILES string of the molecule is CCCC(CCC)C(NC)c1ccsc1. The van der Waals surface area contributed by atoms with Gasteiger partial charge in [0.1, 0.15) is 0 Å². The molecule has 2 heteroatoms. The lowest BCUT2D eigenvalue weighted by atomic mass is 9.87. The van der Waals surface area contributed by atoms with E-state index in [2.05, 4.69) is 43.0 Å². The topological polar surface area (TPSA) is 12.0 Å². The molecular formula is C13H23NS. The average molecular weight is 225 g/mol. The highest BCUT2D eigenvalue weighted by atomic mass is 32.1. The van der Waals surface area contributed by atoms with E-state index in [-0.39, 0.29) is 0 Å². The zero-order valence-electron chi connectivity index (χ0n) is 10.1. The molecule has 0 radical (unpaired) electrons. The third-order valence-corrected chi connectivity index (χ3v) is 3.71. The summed E-state index contributed by atoms with van der Waals surface area (Å²) in [7, 11) is 2.08. The fourth-order valence-corrected chi connectivity index (χ4v) is 3.04. The summed E-state index contributed by atoms with van der Waals surface area (Å²) >= 11 is 1.80. The highest BCUT2D eigenvalue weighted by Crippen LogP contribution is 2.30. The summed E-state index contributed by atoms with van der Waals surface area (Å²) in [5, 5.41) is 7.93. The Hall–Kier alpha value is -0.340. The molecule has 0 aromatic carbocycles. The molecule has 1 N–H and O–H groups in total. The second-order valence-electron chi connectivity index (χ2n) is 4.16. The van der Waals surface area contributed by atoms with Crippen LogP contribution < -0.4 is 5.32 Å². The predicted molar refractivity (Wildman–Crippen MR) is 69.4 cm³/mol. The quantitative estimate of drug-likeness (QED) is 0.732. The normalized spacial score (nSPS) is 13.3. The molecule has 0 amide bonds. The third-order valence-electron chi connectivity index (χ3n) is 3.00. The van der Waals surface area contributed by atoms with Gasteiger partial charge in [-0.05, 0) is 48.2 Å². The number of hydrogen-bond donors (Lipinski definition) is 1. The van der Waals surface area contributed by atoms with E-state index in [4.69, 9.17) is 0 Å². The van der Waals surface area contributed by atoms with Crippen LogP contribution in [-0.4, -0.2) is 7.05 Å². The minimum atomic E-state index is 0.552. The molecule has 0 bridgehead atoms. The van der Waals surface area contributed by atoms with Gasteiger partial charge in [0.2, 0.25) is 0 Å². The van der Waals surface area contributed by atoms with Crippen LogP contribution in [-0.2, 0) is 0 Å². The van der Waals surface area contributed by atoms with Gasteiger partial charge in [-0.15, -0.1) is 0 Å². The van der Waals surface area contributed by atoms with Crippen LogP contribution in [0.2, 0.25) is 0 Å². The Morgan fingerprint density at radius 1 is 1.27 bits per heavy atom. The van der Waals surface area contributed by atoms with Crippen molar-refractivity contribution in [3.05, 3.63) is 22.4 Å². The molecule has 1 heterocycles. The molecule has 1 aromatic rings. The molecule has 1 atom stereocenters. The fraction of sp³-hybridized carbons (Fsp3) is 0.692. The Kier molecular flexibility index (Phi) is 5.96. The van der Waals surface area contributed by atoms with Crippen LogP contribution in [0, 0.1) is 5.92 Å². The van der Waals surface area contributed by atoms with Crippen molar-refractivity contribution in [3.63, 3.8) is 0 Å². The number of rotatable bonds is 7. The average Bonchev–Trinajstić information content (AvgIpc) is 2.73. The van der Waals surface area contributed by atoms with E-state index in [9.17, 15) is 0 Å². The lowest BCUT2D eigenvalue weighted by Crippen LogP contribution is -2.24. The Bertz CT molecular complexity index is 237. The van der Waals surface area contributed by atoms with Gasteiger partial charge in [0, 0.05) is 6.04 Å². The zero-order valence-corrected chi connectivity index (χ0v) is 10.9. The van der Waals surface area contributed by atoms with E-state index in [0.717, 1.165) is 5.92 Å². The van der Waals surface area contributed by atoms with Crippen molar-refractivity contribution in [2.45, 2.75) is 45.6 Å². The molecule has 86 valence electrons. The van der Waals surface area contributed by atoms with Crippen LogP contribution >= 0.6 is 11.3 Å². The molecule has 0 aliphatic heterocycles. The van der Waals surface area contributed by atoms with Gasteiger partial charge < -0.3 is 5.32 Å². The molecule has 0 fully saturated rings. The van der Waals surface area contributed by atoms with Crippen molar-refractivity contribution < 1.29 is 0 Å². The van der Waals surface area contributed by atoms with Gasteiger partial charge >= 0.3 is 0 Å². The Balaban J connectivity index is 2.69. The summed E-state index contributed by atoms with van der Waals surface area (Å²) in [4.78, 5) is 0. The van der Waals surface area contributed by atoms with Gasteiger partial charge in [-0.3, -0.25) is 0 Å². The lowest BCUT2D eigenvalue weighted by Gasteiger charge is -2.26. The van der Waals surface area contributed by atoms with Gasteiger partial charge in [-0.25, -0.2) is 0 Å². The first-order chi connectivity index (χ1) is 7.33. The predicted octanol–water partition coefficient (Wildman–Crippen LogP) is 4.23. The van der Waals surface area contributed by atoms with Crippen molar-refractivity contribution in [1.29, 1.82) is 0 Å². The molecule has 1 rings (SSSR count). The summed E-state index contributed by atoms with van der Waals surface area (Å²) in [6, 6.07) is 2.81. The molecule has 0 saturated carbocycles. The Morgan fingerprint density at radius 3 is 2.33 bits per heavy atom. The summed E-state index contributed by atoms with van der Waals surface area (Å²) in [5.41, 5.74) is 1.47. The van der Waals surface area contributed by atoms with Gasteiger partial charge in [0.15, 0.2) is 0 Å². The molecule has 15 heavy (non-hydrogen) atoms. The van der Waals surface area contributed by atoms with Gasteiger partial charge in [0.05, 0.1) is 0 Å². The van der Waals surface area contributed by atoms with Crippen molar-refractivity contribution in [2.24, 2.45) is 5.92 Å². The lowest BCUT2D eigenvalue weighted by molar-refractivity contribution is 0.331. The van der Waals surface area contributed by atoms with Crippen LogP contribution in [0.1, 0.15) is 51.1 Å². The monoisotopic (exact) mass is 225 g/mol. The minimum Gasteiger partial charge on any atom is -0.313 e. The minimum absolute atomic E-state index is 0.552. The maximum absolute atomic E-state index is 3.48. The van der Waals surface area contributed by atoms with Crippen LogP contribution in [0.5, 0.6) is 0 Å². The fourth-order valence-electron chi connectivity index (χ4n) is 2.35. The molecule has 1 nitrogen and oxygen atoms in total. The smallest absolute Gasteiger partial charge is 0.0354 e. The van der Waals surface area contributed by atoms with E-state index >= 15 is 0 Å².